The van der Waals surface area contributed by atoms with Gasteiger partial charge in [-0.15, -0.1) is 0 Å². The van der Waals surface area contributed by atoms with E-state index in [9.17, 15) is 0 Å². The van der Waals surface area contributed by atoms with E-state index in [-0.39, 0.29) is 66.5 Å². The second-order valence-corrected chi connectivity index (χ2v) is 0. The van der Waals surface area contributed by atoms with Gasteiger partial charge in [-0.05, 0) is 0 Å². The first kappa shape index (κ1) is 16.6. The van der Waals surface area contributed by atoms with Crippen molar-refractivity contribution in [3.8, 4) is 0 Å². The van der Waals surface area contributed by atoms with Crippen molar-refractivity contribution in [2.45, 2.75) is 0 Å². The van der Waals surface area contributed by atoms with Crippen LogP contribution in [0.25, 0.3) is 0 Å². The number of rotatable bonds is 0. The Balaban J connectivity index is -0.000000000333. The summed E-state index contributed by atoms with van der Waals surface area (Å²) in [4.78, 5) is 0. The van der Waals surface area contributed by atoms with E-state index < -0.39 is 0 Å². The summed E-state index contributed by atoms with van der Waals surface area (Å²) in [5.41, 5.74) is 0. The molecule has 0 rings (SSSR count). The van der Waals surface area contributed by atoms with E-state index in [1.54, 1.807) is 10.1 Å². The molecule has 0 amide bonds. The van der Waals surface area contributed by atoms with Crippen LogP contribution in [0.15, 0.2) is 0 Å². The Labute approximate surface area is 80.1 Å². The summed E-state index contributed by atoms with van der Waals surface area (Å²) < 4.78 is 8.06. The fourth-order valence-electron chi connectivity index (χ4n) is 0. The Morgan fingerprint density at radius 2 is 1.50 bits per heavy atom. The third-order valence-corrected chi connectivity index (χ3v) is 0. The summed E-state index contributed by atoms with van der Waals surface area (Å²) in [6.07, 6.45) is 0. The van der Waals surface area contributed by atoms with E-state index in [0.29, 0.717) is 0 Å². The molecule has 1 nitrogen and oxygen atoms in total. The van der Waals surface area contributed by atoms with Gasteiger partial charge in [-0.2, -0.15) is 0 Å². The van der Waals surface area contributed by atoms with Gasteiger partial charge in [0.2, 0.25) is 0 Å². The van der Waals surface area contributed by atoms with Gasteiger partial charge >= 0.3 is 70.9 Å². The van der Waals surface area contributed by atoms with E-state index in [0.717, 1.165) is 0 Å². The zero-order valence-corrected chi connectivity index (χ0v) is 6.95. The van der Waals surface area contributed by atoms with E-state index in [4.69, 9.17) is 4.46 Å². The zero-order chi connectivity index (χ0) is 2.00. The molecule has 0 aromatic carbocycles. The SMILES string of the molecule is O=[Si].[Ca+2].[H-].[H-].[H-].[H-].[Mg+2]. The molecule has 0 aromatic heterocycles. The van der Waals surface area contributed by atoms with Crippen molar-refractivity contribution in [3.05, 3.63) is 0 Å². The van der Waals surface area contributed by atoms with Crippen LogP contribution in [0.1, 0.15) is 5.71 Å². The molecular weight excluding hydrogens is 108 g/mol. The molecule has 0 saturated carbocycles. The van der Waals surface area contributed by atoms with Gasteiger partial charge in [-0.25, -0.2) is 0 Å². The Bertz CT molecular complexity index is 16.0. The molecule has 0 bridgehead atoms. The first-order chi connectivity index (χ1) is 1.00. The van der Waals surface area contributed by atoms with Gasteiger partial charge in [-0.1, -0.05) is 0 Å². The van der Waals surface area contributed by atoms with Crippen LogP contribution in [-0.2, 0) is 4.46 Å². The van der Waals surface area contributed by atoms with Crippen LogP contribution < -0.4 is 0 Å². The van der Waals surface area contributed by atoms with Crippen LogP contribution in [0.5, 0.6) is 0 Å². The molecule has 0 heterocycles. The van der Waals surface area contributed by atoms with Crippen LogP contribution in [-0.4, -0.2) is 70.9 Å². The van der Waals surface area contributed by atoms with Gasteiger partial charge in [0, 0.05) is 0 Å². The molecule has 0 fully saturated rings. The summed E-state index contributed by atoms with van der Waals surface area (Å²) >= 11 is 0. The van der Waals surface area contributed by atoms with E-state index in [1.807, 2.05) is 0 Å². The van der Waals surface area contributed by atoms with Crippen molar-refractivity contribution in [1.29, 1.82) is 0 Å². The van der Waals surface area contributed by atoms with Crippen molar-refractivity contribution in [2.24, 2.45) is 0 Å². The van der Waals surface area contributed by atoms with E-state index in [1.165, 1.54) is 0 Å². The maximum atomic E-state index is 8.06. The number of hydrogen-bond donors (Lipinski definition) is 0. The molecule has 0 unspecified atom stereocenters. The van der Waals surface area contributed by atoms with Crippen LogP contribution in [0, 0.1) is 0 Å². The molecular formula is H4CaMgOSi. The predicted octanol–water partition coefficient (Wildman–Crippen LogP) is -0.811. The Kier molecular flexibility index (Phi) is 82.0. The molecule has 0 aliphatic heterocycles. The molecule has 0 N–H and O–H groups in total. The normalized spacial score (nSPS) is 1.00. The molecule has 4 heteroatoms. The van der Waals surface area contributed by atoms with Crippen molar-refractivity contribution < 1.29 is 10.2 Å². The molecule has 0 saturated heterocycles. The molecule has 2 radical (unpaired) electrons. The van der Waals surface area contributed by atoms with E-state index in [2.05, 4.69) is 0 Å². The summed E-state index contributed by atoms with van der Waals surface area (Å²) in [6.45, 7) is 0. The first-order valence-electron chi connectivity index (χ1n) is 0.204. The molecule has 0 aliphatic rings. The monoisotopic (exact) mass is 112 g/mol. The van der Waals surface area contributed by atoms with Gasteiger partial charge in [0.05, 0.1) is 0 Å². The Morgan fingerprint density at radius 3 is 1.50 bits per heavy atom. The summed E-state index contributed by atoms with van der Waals surface area (Å²) in [5.74, 6) is 0. The second kappa shape index (κ2) is 19.8. The fourth-order valence-corrected chi connectivity index (χ4v) is 0. The van der Waals surface area contributed by atoms with Crippen LogP contribution in [0.4, 0.5) is 0 Å². The maximum absolute atomic E-state index is 8.06. The molecule has 18 valence electrons. The number of hydrogen-bond acceptors (Lipinski definition) is 1. The molecule has 0 aliphatic carbocycles. The minimum absolute atomic E-state index is 0. The minimum atomic E-state index is 0. The third kappa shape index (κ3) is 8.97. The molecule has 0 aromatic rings. The Hall–Kier alpha value is 2.04. The summed E-state index contributed by atoms with van der Waals surface area (Å²) in [7, 11) is 1.72. The maximum Gasteiger partial charge on any atom is 2.00 e. The standard InChI is InChI=1S/Ca.Mg.OSi.4H/c;;1-2;;;;/q2*+2;;4*-1. The first-order valence-corrected chi connectivity index (χ1v) is 0.612. The second-order valence-electron chi connectivity index (χ2n) is 0. The predicted molar refractivity (Wildman–Crippen MR) is 22.4 cm³/mol. The third-order valence-electron chi connectivity index (χ3n) is 0. The quantitative estimate of drug-likeness (QED) is 0.375. The van der Waals surface area contributed by atoms with E-state index >= 15 is 0 Å². The van der Waals surface area contributed by atoms with Crippen LogP contribution in [0.2, 0.25) is 0 Å². The van der Waals surface area contributed by atoms with Gasteiger partial charge in [-0.3, -0.25) is 0 Å². The van der Waals surface area contributed by atoms with Gasteiger partial charge in [0.15, 0.2) is 0 Å². The molecule has 0 atom stereocenters. The summed E-state index contributed by atoms with van der Waals surface area (Å²) in [5, 5.41) is 0. The average Bonchev–Trinajstić information content (AvgIpc) is 1.00. The van der Waals surface area contributed by atoms with Crippen molar-refractivity contribution in [3.63, 3.8) is 0 Å². The van der Waals surface area contributed by atoms with Crippen LogP contribution in [0.3, 0.4) is 0 Å². The minimum Gasteiger partial charge on any atom is -1.00 e. The van der Waals surface area contributed by atoms with Gasteiger partial charge in [0.1, 0.15) is 0 Å². The topological polar surface area (TPSA) is 17.1 Å². The average molecular weight is 112 g/mol. The van der Waals surface area contributed by atoms with Crippen molar-refractivity contribution >= 4 is 70.9 Å². The largest absolute Gasteiger partial charge is 2.00 e. The summed E-state index contributed by atoms with van der Waals surface area (Å²) in [6, 6.07) is 0. The Morgan fingerprint density at radius 1 is 1.50 bits per heavy atom. The molecule has 0 spiro atoms. The zero-order valence-electron chi connectivity index (χ0n) is 6.32. The van der Waals surface area contributed by atoms with Gasteiger partial charge in [0.25, 0.3) is 0 Å². The van der Waals surface area contributed by atoms with Crippen LogP contribution >= 0.6 is 0 Å². The van der Waals surface area contributed by atoms with Crippen molar-refractivity contribution in [2.75, 3.05) is 0 Å². The van der Waals surface area contributed by atoms with Gasteiger partial charge < -0.3 is 10.2 Å². The molecule has 4 heavy (non-hydrogen) atoms. The van der Waals surface area contributed by atoms with Crippen molar-refractivity contribution in [1.82, 2.24) is 0 Å². The fraction of sp³-hybridized carbons (Fsp3) is 0. The smallest absolute Gasteiger partial charge is 1.00 e.